The van der Waals surface area contributed by atoms with Gasteiger partial charge in [0.05, 0.1) is 12.2 Å². The van der Waals surface area contributed by atoms with Gasteiger partial charge in [-0.25, -0.2) is 4.79 Å². The highest BCUT2D eigenvalue weighted by Crippen LogP contribution is 2.58. The van der Waals surface area contributed by atoms with Gasteiger partial charge >= 0.3 is 5.97 Å². The Kier molecular flexibility index (Phi) is 2.76. The molecule has 4 saturated carbocycles. The lowest BCUT2D eigenvalue weighted by molar-refractivity contribution is -0.231. The van der Waals surface area contributed by atoms with Gasteiger partial charge in [-0.2, -0.15) is 0 Å². The molecule has 4 aliphatic rings. The van der Waals surface area contributed by atoms with E-state index in [1.165, 1.54) is 6.92 Å². The van der Waals surface area contributed by atoms with Crippen LogP contribution in [0.1, 0.15) is 45.4 Å². The van der Waals surface area contributed by atoms with Crippen LogP contribution in [0.5, 0.6) is 0 Å². The maximum Gasteiger partial charge on any atom is 0.340 e. The van der Waals surface area contributed by atoms with Crippen LogP contribution < -0.4 is 0 Å². The predicted octanol–water partition coefficient (Wildman–Crippen LogP) is 0.357. The smallest absolute Gasteiger partial charge is 0.340 e. The van der Waals surface area contributed by atoms with E-state index in [1.807, 2.05) is 0 Å². The molecule has 4 fully saturated rings. The van der Waals surface area contributed by atoms with E-state index in [0.29, 0.717) is 18.3 Å². The minimum Gasteiger partial charge on any atom is -0.457 e. The summed E-state index contributed by atoms with van der Waals surface area (Å²) in [5.74, 6) is 0.0526. The molecule has 4 bridgehead atoms. The van der Waals surface area contributed by atoms with Crippen LogP contribution in [0.3, 0.4) is 0 Å². The molecule has 5 nitrogen and oxygen atoms in total. The van der Waals surface area contributed by atoms with Crippen LogP contribution in [-0.4, -0.2) is 44.7 Å². The summed E-state index contributed by atoms with van der Waals surface area (Å²) in [6.45, 7) is 0.601. The first-order chi connectivity index (χ1) is 8.76. The summed E-state index contributed by atoms with van der Waals surface area (Å²) in [6.07, 6.45) is 4.74. The van der Waals surface area contributed by atoms with E-state index in [9.17, 15) is 15.0 Å². The molecule has 108 valence electrons. The number of carbonyl (C=O) groups is 1. The third kappa shape index (κ3) is 2.18. The van der Waals surface area contributed by atoms with E-state index in [1.54, 1.807) is 0 Å². The lowest BCUT2D eigenvalue weighted by Crippen LogP contribution is -2.61. The normalized spacial score (nSPS) is 46.9. The van der Waals surface area contributed by atoms with Gasteiger partial charge in [0.15, 0.2) is 5.60 Å². The number of aliphatic hydroxyl groups is 3. The topological polar surface area (TPSA) is 87.0 Å². The van der Waals surface area contributed by atoms with Gasteiger partial charge in [-0.1, -0.05) is 0 Å². The second-order valence-electron chi connectivity index (χ2n) is 7.19. The van der Waals surface area contributed by atoms with E-state index in [2.05, 4.69) is 0 Å². The van der Waals surface area contributed by atoms with Gasteiger partial charge in [0.25, 0.3) is 0 Å². The molecule has 0 aromatic carbocycles. The summed E-state index contributed by atoms with van der Waals surface area (Å²) < 4.78 is 5.56. The molecule has 3 unspecified atom stereocenters. The second-order valence-corrected chi connectivity index (χ2v) is 7.19. The van der Waals surface area contributed by atoms with E-state index in [-0.39, 0.29) is 0 Å². The van der Waals surface area contributed by atoms with Crippen LogP contribution in [-0.2, 0) is 9.53 Å². The Morgan fingerprint density at radius 2 is 1.89 bits per heavy atom. The molecule has 0 aromatic heterocycles. The molecule has 0 amide bonds. The average Bonchev–Trinajstić information content (AvgIpc) is 2.24. The number of ether oxygens (including phenoxy) is 1. The van der Waals surface area contributed by atoms with Crippen molar-refractivity contribution in [3.8, 4) is 0 Å². The number of hydrogen-bond donors (Lipinski definition) is 3. The van der Waals surface area contributed by atoms with Crippen LogP contribution in [0.25, 0.3) is 0 Å². The van der Waals surface area contributed by atoms with Crippen molar-refractivity contribution in [3.63, 3.8) is 0 Å². The Morgan fingerprint density at radius 3 is 2.37 bits per heavy atom. The summed E-state index contributed by atoms with van der Waals surface area (Å²) in [6, 6.07) is 0. The number of aliphatic hydroxyl groups excluding tert-OH is 1. The molecule has 3 atom stereocenters. The van der Waals surface area contributed by atoms with Crippen LogP contribution >= 0.6 is 0 Å². The zero-order valence-corrected chi connectivity index (χ0v) is 11.3. The van der Waals surface area contributed by atoms with Crippen molar-refractivity contribution in [1.82, 2.24) is 0 Å². The fourth-order valence-corrected chi connectivity index (χ4v) is 4.62. The Hall–Kier alpha value is -0.650. The second kappa shape index (κ2) is 3.93. The predicted molar refractivity (Wildman–Crippen MR) is 66.2 cm³/mol. The molecule has 4 aliphatic carbocycles. The summed E-state index contributed by atoms with van der Waals surface area (Å²) in [7, 11) is 0. The van der Waals surface area contributed by atoms with Gasteiger partial charge in [-0.15, -0.1) is 0 Å². The molecule has 4 rings (SSSR count). The van der Waals surface area contributed by atoms with Crippen molar-refractivity contribution in [1.29, 1.82) is 0 Å². The number of rotatable bonds is 3. The number of hydrogen-bond acceptors (Lipinski definition) is 5. The third-order valence-electron chi connectivity index (χ3n) is 5.03. The van der Waals surface area contributed by atoms with Crippen molar-refractivity contribution in [2.75, 3.05) is 6.61 Å². The highest BCUT2D eigenvalue weighted by Gasteiger charge is 2.59. The molecule has 0 aromatic rings. The highest BCUT2D eigenvalue weighted by atomic mass is 16.6. The summed E-state index contributed by atoms with van der Waals surface area (Å²) >= 11 is 0. The molecule has 0 saturated heterocycles. The molecule has 19 heavy (non-hydrogen) atoms. The molecule has 0 aliphatic heterocycles. The maximum atomic E-state index is 12.0. The fourth-order valence-electron chi connectivity index (χ4n) is 4.62. The Morgan fingerprint density at radius 1 is 1.32 bits per heavy atom. The van der Waals surface area contributed by atoms with Crippen LogP contribution in [0.4, 0.5) is 0 Å². The summed E-state index contributed by atoms with van der Waals surface area (Å²) in [4.78, 5) is 12.0. The Labute approximate surface area is 112 Å². The van der Waals surface area contributed by atoms with Crippen molar-refractivity contribution < 1.29 is 24.9 Å². The van der Waals surface area contributed by atoms with Gasteiger partial charge in [0.2, 0.25) is 0 Å². The van der Waals surface area contributed by atoms with Gasteiger partial charge in [0.1, 0.15) is 5.60 Å². The zero-order valence-electron chi connectivity index (χ0n) is 11.3. The Balaban J connectivity index is 1.79. The van der Waals surface area contributed by atoms with E-state index in [0.717, 1.165) is 32.1 Å². The molecule has 5 heteroatoms. The van der Waals surface area contributed by atoms with E-state index >= 15 is 0 Å². The monoisotopic (exact) mass is 270 g/mol. The number of carbonyl (C=O) groups excluding carboxylic acids is 1. The SMILES string of the molecule is CC(O)(CO)C(=O)OC12CC3CC(CC(O)(C3)C1)C2. The fraction of sp³-hybridized carbons (Fsp3) is 0.929. The lowest BCUT2D eigenvalue weighted by Gasteiger charge is -2.59. The average molecular weight is 270 g/mol. The van der Waals surface area contributed by atoms with Crippen molar-refractivity contribution in [3.05, 3.63) is 0 Å². The van der Waals surface area contributed by atoms with Crippen molar-refractivity contribution in [2.45, 2.75) is 62.3 Å². The first kappa shape index (κ1) is 13.3. The van der Waals surface area contributed by atoms with Gasteiger partial charge in [-0.05, 0) is 50.9 Å². The molecule has 0 heterocycles. The van der Waals surface area contributed by atoms with Crippen LogP contribution in [0.15, 0.2) is 0 Å². The van der Waals surface area contributed by atoms with Gasteiger partial charge < -0.3 is 20.1 Å². The van der Waals surface area contributed by atoms with Crippen molar-refractivity contribution in [2.24, 2.45) is 11.8 Å². The zero-order chi connectivity index (χ0) is 13.9. The molecular weight excluding hydrogens is 248 g/mol. The van der Waals surface area contributed by atoms with E-state index < -0.39 is 29.4 Å². The van der Waals surface area contributed by atoms with Crippen LogP contribution in [0.2, 0.25) is 0 Å². The molecule has 0 radical (unpaired) electrons. The summed E-state index contributed by atoms with van der Waals surface area (Å²) in [5.41, 5.74) is -3.18. The number of esters is 1. The molecule has 3 N–H and O–H groups in total. The minimum absolute atomic E-state index is 0.415. The third-order valence-corrected chi connectivity index (χ3v) is 5.03. The van der Waals surface area contributed by atoms with Crippen LogP contribution in [0, 0.1) is 11.8 Å². The molecule has 0 spiro atoms. The largest absolute Gasteiger partial charge is 0.457 e. The first-order valence-corrected chi connectivity index (χ1v) is 7.05. The van der Waals surface area contributed by atoms with Gasteiger partial charge in [-0.3, -0.25) is 0 Å². The minimum atomic E-state index is -1.86. The van der Waals surface area contributed by atoms with E-state index in [4.69, 9.17) is 9.84 Å². The maximum absolute atomic E-state index is 12.0. The van der Waals surface area contributed by atoms with Gasteiger partial charge in [0, 0.05) is 6.42 Å². The molecular formula is C14H22O5. The first-order valence-electron chi connectivity index (χ1n) is 7.05. The quantitative estimate of drug-likeness (QED) is 0.644. The standard InChI is InChI=1S/C14H22O5/c1-12(17,8-15)11(16)19-14-5-9-2-10(6-14)4-13(18,3-9)7-14/h9-10,15,17-18H,2-8H2,1H3. The lowest BCUT2D eigenvalue weighted by atomic mass is 9.52. The highest BCUT2D eigenvalue weighted by molar-refractivity contribution is 5.79. The van der Waals surface area contributed by atoms with Crippen molar-refractivity contribution >= 4 is 5.97 Å². The Bertz CT molecular complexity index is 389. The summed E-state index contributed by atoms with van der Waals surface area (Å²) in [5, 5.41) is 29.3.